The summed E-state index contributed by atoms with van der Waals surface area (Å²) in [6, 6.07) is 38.4. The fraction of sp³-hybridized carbons (Fsp3) is 0.219. The summed E-state index contributed by atoms with van der Waals surface area (Å²) >= 11 is 1.74. The molecule has 4 aromatic carbocycles. The fourth-order valence-electron chi connectivity index (χ4n) is 4.12. The quantitative estimate of drug-likeness (QED) is 0.194. The molecule has 0 atom stereocenters. The Hall–Kier alpha value is -3.50. The average molecular weight is 496 g/mol. The van der Waals surface area contributed by atoms with E-state index in [0.29, 0.717) is 13.0 Å². The summed E-state index contributed by atoms with van der Waals surface area (Å²) in [4.78, 5) is 16.6. The van der Waals surface area contributed by atoms with E-state index in [1.165, 1.54) is 21.7 Å². The first kappa shape index (κ1) is 25.6. The van der Waals surface area contributed by atoms with Crippen molar-refractivity contribution in [2.75, 3.05) is 24.6 Å². The number of rotatable bonds is 12. The molecule has 0 aliphatic carbocycles. The maximum absolute atomic E-state index is 11.7. The molecule has 0 amide bonds. The molecule has 4 heteroatoms. The molecule has 0 fully saturated rings. The van der Waals surface area contributed by atoms with Gasteiger partial charge in [-0.25, -0.2) is 0 Å². The monoisotopic (exact) mass is 495 g/mol. The predicted molar refractivity (Wildman–Crippen MR) is 150 cm³/mol. The molecule has 36 heavy (non-hydrogen) atoms. The fourth-order valence-corrected chi connectivity index (χ4v) is 4.99. The van der Waals surface area contributed by atoms with Gasteiger partial charge in [-0.3, -0.25) is 4.79 Å². The average Bonchev–Trinajstić information content (AvgIpc) is 2.91. The van der Waals surface area contributed by atoms with Crippen LogP contribution in [-0.4, -0.2) is 25.7 Å². The van der Waals surface area contributed by atoms with Crippen LogP contribution in [0.1, 0.15) is 23.6 Å². The van der Waals surface area contributed by atoms with Crippen LogP contribution in [0.15, 0.2) is 119 Å². The van der Waals surface area contributed by atoms with Crippen LogP contribution in [0.5, 0.6) is 0 Å². The van der Waals surface area contributed by atoms with Gasteiger partial charge >= 0.3 is 5.97 Å². The van der Waals surface area contributed by atoms with Gasteiger partial charge in [0.1, 0.15) is 0 Å². The minimum Gasteiger partial charge on any atom is -0.466 e. The summed E-state index contributed by atoms with van der Waals surface area (Å²) in [6.07, 6.45) is 2.33. The molecule has 0 spiro atoms. The molecule has 0 saturated heterocycles. The number of carbonyl (C=O) groups excluding carboxylic acids is 1. The third-order valence-corrected chi connectivity index (χ3v) is 7.02. The van der Waals surface area contributed by atoms with Crippen molar-refractivity contribution in [2.45, 2.75) is 36.0 Å². The molecule has 4 aromatic rings. The van der Waals surface area contributed by atoms with Gasteiger partial charge in [0.25, 0.3) is 0 Å². The van der Waals surface area contributed by atoms with E-state index < -0.39 is 0 Å². The maximum atomic E-state index is 11.7. The number of carbonyl (C=O) groups is 1. The molecule has 0 unspecified atom stereocenters. The van der Waals surface area contributed by atoms with Crippen molar-refractivity contribution in [3.63, 3.8) is 0 Å². The van der Waals surface area contributed by atoms with Crippen molar-refractivity contribution < 1.29 is 9.53 Å². The molecule has 184 valence electrons. The van der Waals surface area contributed by atoms with Crippen LogP contribution in [0.3, 0.4) is 0 Å². The number of anilines is 1. The van der Waals surface area contributed by atoms with Gasteiger partial charge in [-0.05, 0) is 66.8 Å². The van der Waals surface area contributed by atoms with Gasteiger partial charge in [0, 0.05) is 28.6 Å². The largest absolute Gasteiger partial charge is 0.466 e. The standard InChI is InChI=1S/C32H33NO2S/c1-2-35-32(34)24-28-16-18-30(19-17-28)36-31-15-9-14-29(25-31)33(22-20-26-10-5-3-6-11-26)23-21-27-12-7-4-8-13-27/h3-19,25H,2,20-24H2,1H3. The van der Waals surface area contributed by atoms with Gasteiger partial charge in [-0.1, -0.05) is 90.6 Å². The molecule has 0 saturated carbocycles. The van der Waals surface area contributed by atoms with Crippen molar-refractivity contribution in [3.05, 3.63) is 126 Å². The van der Waals surface area contributed by atoms with E-state index in [9.17, 15) is 4.79 Å². The highest BCUT2D eigenvalue weighted by molar-refractivity contribution is 7.99. The minimum absolute atomic E-state index is 0.184. The van der Waals surface area contributed by atoms with E-state index in [2.05, 4.69) is 102 Å². The second-order valence-corrected chi connectivity index (χ2v) is 9.83. The molecule has 0 aliphatic heterocycles. The van der Waals surface area contributed by atoms with Gasteiger partial charge in [-0.15, -0.1) is 0 Å². The topological polar surface area (TPSA) is 29.5 Å². The van der Waals surface area contributed by atoms with Crippen LogP contribution in [0.2, 0.25) is 0 Å². The molecular formula is C32H33NO2S. The third-order valence-electron chi connectivity index (χ3n) is 6.02. The maximum Gasteiger partial charge on any atom is 0.310 e. The summed E-state index contributed by atoms with van der Waals surface area (Å²) < 4.78 is 5.05. The van der Waals surface area contributed by atoms with Crippen LogP contribution >= 0.6 is 11.8 Å². The van der Waals surface area contributed by atoms with Gasteiger partial charge in [0.2, 0.25) is 0 Å². The summed E-state index contributed by atoms with van der Waals surface area (Å²) in [7, 11) is 0. The zero-order chi connectivity index (χ0) is 25.0. The minimum atomic E-state index is -0.184. The molecule has 0 heterocycles. The second kappa shape index (κ2) is 13.6. The second-order valence-electron chi connectivity index (χ2n) is 8.68. The molecule has 0 aromatic heterocycles. The number of hydrogen-bond donors (Lipinski definition) is 0. The highest BCUT2D eigenvalue weighted by atomic mass is 32.2. The lowest BCUT2D eigenvalue weighted by atomic mass is 10.1. The molecule has 4 rings (SSSR count). The van der Waals surface area contributed by atoms with Crippen molar-refractivity contribution in [1.29, 1.82) is 0 Å². The van der Waals surface area contributed by atoms with Crippen molar-refractivity contribution in [3.8, 4) is 0 Å². The van der Waals surface area contributed by atoms with E-state index >= 15 is 0 Å². The first-order valence-electron chi connectivity index (χ1n) is 12.5. The van der Waals surface area contributed by atoms with Gasteiger partial charge in [0.15, 0.2) is 0 Å². The SMILES string of the molecule is CCOC(=O)Cc1ccc(Sc2cccc(N(CCc3ccccc3)CCc3ccccc3)c2)cc1. The van der Waals surface area contributed by atoms with Crippen LogP contribution in [0, 0.1) is 0 Å². The Morgan fingerprint density at radius 1 is 0.694 bits per heavy atom. The van der Waals surface area contributed by atoms with E-state index in [-0.39, 0.29) is 5.97 Å². The first-order valence-corrected chi connectivity index (χ1v) is 13.4. The Kier molecular flexibility index (Phi) is 9.63. The summed E-state index contributed by atoms with van der Waals surface area (Å²) in [6.45, 7) is 4.17. The Labute approximate surface area is 219 Å². The molecule has 0 aliphatic rings. The van der Waals surface area contributed by atoms with Crippen molar-refractivity contribution in [2.24, 2.45) is 0 Å². The van der Waals surface area contributed by atoms with Crippen molar-refractivity contribution >= 4 is 23.4 Å². The number of benzene rings is 4. The van der Waals surface area contributed by atoms with Crippen LogP contribution < -0.4 is 4.90 Å². The zero-order valence-electron chi connectivity index (χ0n) is 20.8. The lowest BCUT2D eigenvalue weighted by Crippen LogP contribution is -2.28. The highest BCUT2D eigenvalue weighted by Crippen LogP contribution is 2.31. The van der Waals surface area contributed by atoms with Crippen LogP contribution in [0.25, 0.3) is 0 Å². The number of nitrogens with zero attached hydrogens (tertiary/aromatic N) is 1. The lowest BCUT2D eigenvalue weighted by Gasteiger charge is -2.26. The molecule has 0 N–H and O–H groups in total. The van der Waals surface area contributed by atoms with Gasteiger partial charge < -0.3 is 9.64 Å². The van der Waals surface area contributed by atoms with E-state index in [1.54, 1.807) is 11.8 Å². The Bertz CT molecular complexity index is 1170. The lowest BCUT2D eigenvalue weighted by molar-refractivity contribution is -0.142. The Balaban J connectivity index is 1.45. The molecular weight excluding hydrogens is 462 g/mol. The first-order chi connectivity index (χ1) is 17.7. The Morgan fingerprint density at radius 2 is 1.31 bits per heavy atom. The normalized spacial score (nSPS) is 10.7. The van der Waals surface area contributed by atoms with E-state index in [4.69, 9.17) is 4.74 Å². The van der Waals surface area contributed by atoms with E-state index in [1.807, 2.05) is 19.1 Å². The number of hydrogen-bond acceptors (Lipinski definition) is 4. The molecule has 0 bridgehead atoms. The molecule has 0 radical (unpaired) electrons. The Morgan fingerprint density at radius 3 is 1.89 bits per heavy atom. The predicted octanol–water partition coefficient (Wildman–Crippen LogP) is 7.24. The summed E-state index contributed by atoms with van der Waals surface area (Å²) in [5, 5.41) is 0. The van der Waals surface area contributed by atoms with Gasteiger partial charge in [-0.2, -0.15) is 0 Å². The smallest absolute Gasteiger partial charge is 0.310 e. The summed E-state index contributed by atoms with van der Waals surface area (Å²) in [5.74, 6) is -0.184. The van der Waals surface area contributed by atoms with E-state index in [0.717, 1.165) is 36.4 Å². The van der Waals surface area contributed by atoms with Crippen molar-refractivity contribution in [1.82, 2.24) is 0 Å². The summed E-state index contributed by atoms with van der Waals surface area (Å²) in [5.41, 5.74) is 4.93. The van der Waals surface area contributed by atoms with Crippen LogP contribution in [0.4, 0.5) is 5.69 Å². The van der Waals surface area contributed by atoms with Gasteiger partial charge in [0.05, 0.1) is 13.0 Å². The molecule has 3 nitrogen and oxygen atoms in total. The number of esters is 1. The highest BCUT2D eigenvalue weighted by Gasteiger charge is 2.10. The zero-order valence-corrected chi connectivity index (χ0v) is 21.6. The number of ether oxygens (including phenoxy) is 1. The van der Waals surface area contributed by atoms with Crippen LogP contribution in [-0.2, 0) is 28.8 Å². The third kappa shape index (κ3) is 8.03.